The maximum atomic E-state index is 11.8. The van der Waals surface area contributed by atoms with Crippen LogP contribution < -0.4 is 0 Å². The summed E-state index contributed by atoms with van der Waals surface area (Å²) in [6.07, 6.45) is 6.95. The highest BCUT2D eigenvalue weighted by Crippen LogP contribution is 2.24. The first-order valence-corrected chi connectivity index (χ1v) is 8.04. The molecule has 2 nitrogen and oxygen atoms in total. The summed E-state index contributed by atoms with van der Waals surface area (Å²) in [4.78, 5) is 14.2. The van der Waals surface area contributed by atoms with E-state index < -0.39 is 0 Å². The maximum absolute atomic E-state index is 11.8. The van der Waals surface area contributed by atoms with Gasteiger partial charge in [-0.1, -0.05) is 49.7 Å². The Morgan fingerprint density at radius 3 is 2.15 bits per heavy atom. The van der Waals surface area contributed by atoms with Crippen molar-refractivity contribution < 1.29 is 4.79 Å². The molecule has 110 valence electrons. The highest BCUT2D eigenvalue weighted by molar-refractivity contribution is 5.84. The monoisotopic (exact) mass is 273 g/mol. The van der Waals surface area contributed by atoms with Crippen molar-refractivity contribution in [1.82, 2.24) is 4.90 Å². The van der Waals surface area contributed by atoms with Crippen LogP contribution in [0.25, 0.3) is 0 Å². The molecule has 0 spiro atoms. The van der Waals surface area contributed by atoms with Gasteiger partial charge in [0.2, 0.25) is 0 Å². The fourth-order valence-electron chi connectivity index (χ4n) is 3.24. The number of benzene rings is 1. The lowest BCUT2D eigenvalue weighted by Crippen LogP contribution is -2.47. The molecule has 2 aliphatic rings. The number of carbonyl (C=O) groups is 1. The molecule has 0 amide bonds. The number of Topliss-reactive ketones (excluding diaryl/α,β-unsaturated/α-hetero) is 1. The summed E-state index contributed by atoms with van der Waals surface area (Å²) in [5.74, 6) is 1.30. The lowest BCUT2D eigenvalue weighted by atomic mass is 9.90. The normalized spacial score (nSPS) is 27.6. The first-order valence-electron chi connectivity index (χ1n) is 8.04. The van der Waals surface area contributed by atoms with E-state index in [9.17, 15) is 4.79 Å². The average molecular weight is 273 g/mol. The van der Waals surface area contributed by atoms with Crippen molar-refractivity contribution in [2.45, 2.75) is 51.5 Å². The lowest BCUT2D eigenvalue weighted by molar-refractivity contribution is -0.126. The van der Waals surface area contributed by atoms with Crippen molar-refractivity contribution >= 4 is 5.78 Å². The van der Waals surface area contributed by atoms with Crippen molar-refractivity contribution in [3.8, 4) is 0 Å². The summed E-state index contributed by atoms with van der Waals surface area (Å²) >= 11 is 0. The summed E-state index contributed by atoms with van der Waals surface area (Å²) in [6, 6.07) is 12.3. The third-order valence-electron chi connectivity index (χ3n) is 4.32. The largest absolute Gasteiger partial charge is 0.298 e. The van der Waals surface area contributed by atoms with Crippen molar-refractivity contribution in [3.63, 3.8) is 0 Å². The van der Waals surface area contributed by atoms with Crippen molar-refractivity contribution in [2.24, 2.45) is 5.92 Å². The predicted octanol–water partition coefficient (Wildman–Crippen LogP) is 3.92. The Morgan fingerprint density at radius 1 is 0.950 bits per heavy atom. The molecule has 1 heterocycles. The van der Waals surface area contributed by atoms with Gasteiger partial charge in [-0.3, -0.25) is 9.69 Å². The van der Waals surface area contributed by atoms with Crippen LogP contribution in [0.5, 0.6) is 0 Å². The van der Waals surface area contributed by atoms with E-state index in [2.05, 4.69) is 11.8 Å². The molecule has 1 aliphatic heterocycles. The van der Waals surface area contributed by atoms with Gasteiger partial charge in [0.15, 0.2) is 0 Å². The van der Waals surface area contributed by atoms with Crippen LogP contribution in [0.4, 0.5) is 0 Å². The fourth-order valence-corrected chi connectivity index (χ4v) is 3.24. The molecule has 0 N–H and O–H groups in total. The van der Waals surface area contributed by atoms with Crippen LogP contribution in [0.15, 0.2) is 36.4 Å². The Hall–Kier alpha value is -1.15. The Kier molecular flexibility index (Phi) is 6.25. The molecule has 0 bridgehead atoms. The Labute approximate surface area is 123 Å². The van der Waals surface area contributed by atoms with Crippen LogP contribution in [0.3, 0.4) is 0 Å². The van der Waals surface area contributed by atoms with Crippen LogP contribution in [-0.2, 0) is 4.79 Å². The molecular formula is C18H27NO. The number of nitrogens with zero attached hydrogens (tertiary/aromatic N) is 1. The van der Waals surface area contributed by atoms with Crippen LogP contribution in [0.2, 0.25) is 0 Å². The zero-order valence-corrected chi connectivity index (χ0v) is 12.6. The van der Waals surface area contributed by atoms with E-state index in [1.54, 1.807) is 0 Å². The Bertz CT molecular complexity index is 363. The highest BCUT2D eigenvalue weighted by Gasteiger charge is 2.30. The second kappa shape index (κ2) is 8.21. The Balaban J connectivity index is 0.000000205. The predicted molar refractivity (Wildman–Crippen MR) is 83.7 cm³/mol. The molecule has 2 atom stereocenters. The SMILES string of the molecule is CC1CCCN(C2CCCCC2=O)C1.c1ccccc1. The molecule has 1 saturated carbocycles. The number of piperidine rings is 1. The van der Waals surface area contributed by atoms with Gasteiger partial charge in [-0.25, -0.2) is 0 Å². The average Bonchev–Trinajstić information content (AvgIpc) is 2.50. The van der Waals surface area contributed by atoms with Gasteiger partial charge in [-0.05, 0) is 38.1 Å². The van der Waals surface area contributed by atoms with Gasteiger partial charge >= 0.3 is 0 Å². The molecule has 0 aromatic heterocycles. The van der Waals surface area contributed by atoms with E-state index in [0.717, 1.165) is 38.3 Å². The van der Waals surface area contributed by atoms with E-state index in [1.165, 1.54) is 19.3 Å². The summed E-state index contributed by atoms with van der Waals surface area (Å²) in [5.41, 5.74) is 0. The fraction of sp³-hybridized carbons (Fsp3) is 0.611. The first kappa shape index (κ1) is 15.2. The molecular weight excluding hydrogens is 246 g/mol. The number of carbonyl (C=O) groups excluding carboxylic acids is 1. The molecule has 1 aromatic carbocycles. The van der Waals surface area contributed by atoms with Crippen LogP contribution >= 0.6 is 0 Å². The topological polar surface area (TPSA) is 20.3 Å². The van der Waals surface area contributed by atoms with Crippen molar-refractivity contribution in [3.05, 3.63) is 36.4 Å². The molecule has 2 heteroatoms. The van der Waals surface area contributed by atoms with Crippen LogP contribution in [-0.4, -0.2) is 29.8 Å². The molecule has 1 aromatic rings. The number of hydrogen-bond donors (Lipinski definition) is 0. The van der Waals surface area contributed by atoms with E-state index in [1.807, 2.05) is 36.4 Å². The van der Waals surface area contributed by atoms with Gasteiger partial charge in [-0.2, -0.15) is 0 Å². The van der Waals surface area contributed by atoms with Gasteiger partial charge < -0.3 is 0 Å². The van der Waals surface area contributed by atoms with Crippen LogP contribution in [0, 0.1) is 5.92 Å². The summed E-state index contributed by atoms with van der Waals surface area (Å²) in [5, 5.41) is 0. The third kappa shape index (κ3) is 4.75. The minimum absolute atomic E-state index is 0.284. The van der Waals surface area contributed by atoms with Gasteiger partial charge in [0, 0.05) is 13.0 Å². The molecule has 2 fully saturated rings. The maximum Gasteiger partial charge on any atom is 0.149 e. The number of ketones is 1. The molecule has 1 aliphatic carbocycles. The van der Waals surface area contributed by atoms with E-state index in [-0.39, 0.29) is 6.04 Å². The zero-order valence-electron chi connectivity index (χ0n) is 12.6. The van der Waals surface area contributed by atoms with E-state index >= 15 is 0 Å². The molecule has 20 heavy (non-hydrogen) atoms. The van der Waals surface area contributed by atoms with E-state index in [4.69, 9.17) is 0 Å². The number of rotatable bonds is 1. The summed E-state index contributed by atoms with van der Waals surface area (Å²) in [7, 11) is 0. The summed E-state index contributed by atoms with van der Waals surface area (Å²) in [6.45, 7) is 4.61. The number of hydrogen-bond acceptors (Lipinski definition) is 2. The smallest absolute Gasteiger partial charge is 0.149 e. The second-order valence-corrected chi connectivity index (χ2v) is 6.12. The number of likely N-dealkylation sites (tertiary alicyclic amines) is 1. The van der Waals surface area contributed by atoms with Gasteiger partial charge in [-0.15, -0.1) is 0 Å². The van der Waals surface area contributed by atoms with Crippen molar-refractivity contribution in [2.75, 3.05) is 13.1 Å². The lowest BCUT2D eigenvalue weighted by Gasteiger charge is -2.38. The second-order valence-electron chi connectivity index (χ2n) is 6.12. The first-order chi connectivity index (χ1) is 9.77. The van der Waals surface area contributed by atoms with Crippen LogP contribution in [0.1, 0.15) is 45.4 Å². The molecule has 0 radical (unpaired) electrons. The molecule has 2 unspecified atom stereocenters. The third-order valence-corrected chi connectivity index (χ3v) is 4.32. The van der Waals surface area contributed by atoms with Gasteiger partial charge in [0.1, 0.15) is 5.78 Å². The molecule has 3 rings (SSSR count). The highest BCUT2D eigenvalue weighted by atomic mass is 16.1. The van der Waals surface area contributed by atoms with Crippen molar-refractivity contribution in [1.29, 1.82) is 0 Å². The molecule has 1 saturated heterocycles. The Morgan fingerprint density at radius 2 is 1.60 bits per heavy atom. The standard InChI is InChI=1S/C12H21NO.C6H6/c1-10-5-4-8-13(9-10)11-6-2-3-7-12(11)14;1-2-4-6-5-3-1/h10-11H,2-9H2,1H3;1-6H. The van der Waals surface area contributed by atoms with E-state index in [0.29, 0.717) is 5.78 Å². The van der Waals surface area contributed by atoms with Gasteiger partial charge in [0.25, 0.3) is 0 Å². The minimum Gasteiger partial charge on any atom is -0.298 e. The quantitative estimate of drug-likeness (QED) is 0.773. The van der Waals surface area contributed by atoms with Gasteiger partial charge in [0.05, 0.1) is 6.04 Å². The summed E-state index contributed by atoms with van der Waals surface area (Å²) < 4.78 is 0. The zero-order chi connectivity index (χ0) is 14.2. The minimum atomic E-state index is 0.284.